The van der Waals surface area contributed by atoms with Crippen LogP contribution in [0.1, 0.15) is 45.2 Å². The molecule has 0 spiro atoms. The molecule has 0 fully saturated rings. The second kappa shape index (κ2) is 16.0. The first kappa shape index (κ1) is 31.1. The summed E-state index contributed by atoms with van der Waals surface area (Å²) in [5.74, 6) is 0.207. The van der Waals surface area contributed by atoms with Crippen molar-refractivity contribution in [2.24, 2.45) is 0 Å². The second-order valence-electron chi connectivity index (χ2n) is 9.78. The SMILES string of the molecule is COC(=O)C(CCOC[C@@H](OCc1ccccc1)[C@H](C)OCc1ccc(OC)cc1)NC(=O)OC(C)(C)C. The molecule has 0 bridgehead atoms. The summed E-state index contributed by atoms with van der Waals surface area (Å²) < 4.78 is 33.4. The maximum Gasteiger partial charge on any atom is 0.408 e. The Balaban J connectivity index is 1.93. The Morgan fingerprint density at radius 2 is 1.53 bits per heavy atom. The standard InChI is InChI=1S/C29H41NO8/c1-21(36-18-23-12-14-24(33-5)15-13-23)26(37-19-22-10-8-7-9-11-22)20-35-17-16-25(27(31)34-6)30-28(32)38-29(2,3)4/h7-15,21,25-26H,16-20H2,1-6H3,(H,30,32)/t21-,25?,26+/m0/s1. The van der Waals surface area contributed by atoms with Gasteiger partial charge < -0.3 is 33.7 Å². The number of benzene rings is 2. The molecule has 0 heterocycles. The normalized spacial score (nSPS) is 13.7. The number of hydrogen-bond acceptors (Lipinski definition) is 8. The van der Waals surface area contributed by atoms with Crippen LogP contribution in [0.5, 0.6) is 5.75 Å². The molecule has 2 aromatic carbocycles. The van der Waals surface area contributed by atoms with Gasteiger partial charge in [0.1, 0.15) is 23.5 Å². The van der Waals surface area contributed by atoms with Crippen LogP contribution in [0, 0.1) is 0 Å². The average Bonchev–Trinajstić information content (AvgIpc) is 2.89. The van der Waals surface area contributed by atoms with Crippen LogP contribution in [0.3, 0.4) is 0 Å². The third-order valence-electron chi connectivity index (χ3n) is 5.51. The van der Waals surface area contributed by atoms with Gasteiger partial charge in [-0.25, -0.2) is 9.59 Å². The number of carbonyl (C=O) groups excluding carboxylic acids is 2. The number of hydrogen-bond donors (Lipinski definition) is 1. The lowest BCUT2D eigenvalue weighted by atomic mass is 10.2. The van der Waals surface area contributed by atoms with Crippen molar-refractivity contribution in [3.05, 3.63) is 65.7 Å². The van der Waals surface area contributed by atoms with Crippen LogP contribution in [0.25, 0.3) is 0 Å². The maximum absolute atomic E-state index is 12.2. The van der Waals surface area contributed by atoms with E-state index in [1.54, 1.807) is 27.9 Å². The molecule has 0 saturated carbocycles. The first-order valence-corrected chi connectivity index (χ1v) is 12.7. The van der Waals surface area contributed by atoms with E-state index in [0.717, 1.165) is 16.9 Å². The highest BCUT2D eigenvalue weighted by atomic mass is 16.6. The Hall–Kier alpha value is -3.14. The predicted molar refractivity (Wildman–Crippen MR) is 143 cm³/mol. The molecule has 38 heavy (non-hydrogen) atoms. The highest BCUT2D eigenvalue weighted by molar-refractivity contribution is 5.81. The molecule has 0 radical (unpaired) electrons. The van der Waals surface area contributed by atoms with Gasteiger partial charge in [-0.15, -0.1) is 0 Å². The number of esters is 1. The molecule has 0 aliphatic rings. The van der Waals surface area contributed by atoms with Crippen LogP contribution in [0.15, 0.2) is 54.6 Å². The summed E-state index contributed by atoms with van der Waals surface area (Å²) in [6.45, 7) is 8.40. The predicted octanol–water partition coefficient (Wildman–Crippen LogP) is 4.66. The fourth-order valence-electron chi connectivity index (χ4n) is 3.40. The lowest BCUT2D eigenvalue weighted by Gasteiger charge is -2.25. The third-order valence-corrected chi connectivity index (χ3v) is 5.51. The summed E-state index contributed by atoms with van der Waals surface area (Å²) in [6, 6.07) is 16.6. The molecule has 1 N–H and O–H groups in total. The van der Waals surface area contributed by atoms with Crippen LogP contribution >= 0.6 is 0 Å². The van der Waals surface area contributed by atoms with Crippen molar-refractivity contribution in [3.8, 4) is 5.75 Å². The first-order valence-electron chi connectivity index (χ1n) is 12.7. The smallest absolute Gasteiger partial charge is 0.408 e. The minimum Gasteiger partial charge on any atom is -0.497 e. The topological polar surface area (TPSA) is 102 Å². The van der Waals surface area contributed by atoms with Crippen LogP contribution in [0.4, 0.5) is 4.79 Å². The summed E-state index contributed by atoms with van der Waals surface area (Å²) in [5, 5.41) is 2.55. The Bertz CT molecular complexity index is 959. The van der Waals surface area contributed by atoms with E-state index in [2.05, 4.69) is 5.32 Å². The van der Waals surface area contributed by atoms with Crippen LogP contribution in [-0.4, -0.2) is 63.3 Å². The molecule has 1 unspecified atom stereocenters. The number of nitrogens with one attached hydrogen (secondary N) is 1. The Morgan fingerprint density at radius 3 is 2.13 bits per heavy atom. The lowest BCUT2D eigenvalue weighted by Crippen LogP contribution is -2.44. The van der Waals surface area contributed by atoms with Crippen LogP contribution < -0.4 is 10.1 Å². The number of ether oxygens (including phenoxy) is 6. The molecule has 3 atom stereocenters. The van der Waals surface area contributed by atoms with Crippen molar-refractivity contribution < 1.29 is 38.0 Å². The quantitative estimate of drug-likeness (QED) is 0.262. The van der Waals surface area contributed by atoms with Gasteiger partial charge in [-0.2, -0.15) is 0 Å². The minimum absolute atomic E-state index is 0.186. The number of rotatable bonds is 15. The van der Waals surface area contributed by atoms with Crippen molar-refractivity contribution in [3.63, 3.8) is 0 Å². The highest BCUT2D eigenvalue weighted by Crippen LogP contribution is 2.15. The van der Waals surface area contributed by atoms with Gasteiger partial charge in [-0.05, 0) is 51.0 Å². The molecular formula is C29H41NO8. The Kier molecular flexibility index (Phi) is 13.1. The first-order chi connectivity index (χ1) is 18.1. The monoisotopic (exact) mass is 531 g/mol. The molecule has 210 valence electrons. The van der Waals surface area contributed by atoms with Gasteiger partial charge in [0.15, 0.2) is 0 Å². The summed E-state index contributed by atoms with van der Waals surface area (Å²) >= 11 is 0. The summed E-state index contributed by atoms with van der Waals surface area (Å²) in [5.41, 5.74) is 1.36. The highest BCUT2D eigenvalue weighted by Gasteiger charge is 2.25. The van der Waals surface area contributed by atoms with Gasteiger partial charge in [0, 0.05) is 13.0 Å². The third kappa shape index (κ3) is 11.9. The molecule has 0 aliphatic heterocycles. The van der Waals surface area contributed by atoms with Gasteiger partial charge in [-0.3, -0.25) is 0 Å². The van der Waals surface area contributed by atoms with E-state index in [4.69, 9.17) is 28.4 Å². The Morgan fingerprint density at radius 1 is 0.895 bits per heavy atom. The van der Waals surface area contributed by atoms with E-state index < -0.39 is 23.7 Å². The van der Waals surface area contributed by atoms with Crippen LogP contribution in [0.2, 0.25) is 0 Å². The zero-order chi connectivity index (χ0) is 28.0. The number of methoxy groups -OCH3 is 2. The largest absolute Gasteiger partial charge is 0.497 e. The Labute approximate surface area is 225 Å². The average molecular weight is 532 g/mol. The molecule has 1 amide bonds. The molecule has 0 saturated heterocycles. The van der Waals surface area contributed by atoms with Crippen molar-refractivity contribution in [1.82, 2.24) is 5.32 Å². The fraction of sp³-hybridized carbons (Fsp3) is 0.517. The van der Waals surface area contributed by atoms with Gasteiger partial charge >= 0.3 is 12.1 Å². The molecule has 9 nitrogen and oxygen atoms in total. The summed E-state index contributed by atoms with van der Waals surface area (Å²) in [6.07, 6.45) is -1.14. The van der Waals surface area contributed by atoms with E-state index in [1.807, 2.05) is 61.5 Å². The lowest BCUT2D eigenvalue weighted by molar-refractivity contribution is -0.144. The number of amides is 1. The molecule has 0 aliphatic carbocycles. The number of alkyl carbamates (subject to hydrolysis) is 1. The zero-order valence-corrected chi connectivity index (χ0v) is 23.2. The molecular weight excluding hydrogens is 490 g/mol. The molecule has 2 aromatic rings. The fourth-order valence-corrected chi connectivity index (χ4v) is 3.40. The van der Waals surface area contributed by atoms with Gasteiger partial charge in [-0.1, -0.05) is 42.5 Å². The van der Waals surface area contributed by atoms with Crippen molar-refractivity contribution >= 4 is 12.1 Å². The molecule has 2 rings (SSSR count). The van der Waals surface area contributed by atoms with E-state index in [1.165, 1.54) is 7.11 Å². The maximum atomic E-state index is 12.2. The van der Waals surface area contributed by atoms with Gasteiger partial charge in [0.25, 0.3) is 0 Å². The zero-order valence-electron chi connectivity index (χ0n) is 23.2. The summed E-state index contributed by atoms with van der Waals surface area (Å²) in [7, 11) is 2.89. The van der Waals surface area contributed by atoms with Crippen molar-refractivity contribution in [1.29, 1.82) is 0 Å². The van der Waals surface area contributed by atoms with Crippen molar-refractivity contribution in [2.45, 2.75) is 71.2 Å². The van der Waals surface area contributed by atoms with Crippen LogP contribution in [-0.2, 0) is 41.7 Å². The molecule has 9 heteroatoms. The van der Waals surface area contributed by atoms with Crippen molar-refractivity contribution in [2.75, 3.05) is 27.4 Å². The van der Waals surface area contributed by atoms with E-state index >= 15 is 0 Å². The molecule has 0 aromatic heterocycles. The van der Waals surface area contributed by atoms with E-state index in [-0.39, 0.29) is 31.8 Å². The summed E-state index contributed by atoms with van der Waals surface area (Å²) in [4.78, 5) is 24.3. The number of carbonyl (C=O) groups is 2. The van der Waals surface area contributed by atoms with E-state index in [0.29, 0.717) is 13.2 Å². The van der Waals surface area contributed by atoms with Gasteiger partial charge in [0.05, 0.1) is 40.1 Å². The van der Waals surface area contributed by atoms with E-state index in [9.17, 15) is 9.59 Å². The van der Waals surface area contributed by atoms with Gasteiger partial charge in [0.2, 0.25) is 0 Å². The minimum atomic E-state index is -0.901. The second-order valence-corrected chi connectivity index (χ2v) is 9.78.